The highest BCUT2D eigenvalue weighted by molar-refractivity contribution is 7.10. The molecule has 0 spiro atoms. The van der Waals surface area contributed by atoms with E-state index < -0.39 is 0 Å². The van der Waals surface area contributed by atoms with Crippen LogP contribution in [0.1, 0.15) is 37.0 Å². The van der Waals surface area contributed by atoms with E-state index in [0.717, 1.165) is 55.1 Å². The molecule has 0 saturated carbocycles. The molecule has 3 aromatic rings. The van der Waals surface area contributed by atoms with Crippen molar-refractivity contribution in [1.29, 1.82) is 0 Å². The average molecular weight is 424 g/mol. The molecule has 0 aliphatic carbocycles. The Morgan fingerprint density at radius 2 is 1.97 bits per heavy atom. The Hall–Kier alpha value is -2.51. The standard InChI is InChI=1S/C23H29N5OS/c1-17(21-10-6-15-30-21)26(3)16-22-24-20-9-5-4-8-19(20)23(25-22)28-12-7-11-27(13-14-28)18(2)29/h4-6,8-10,15,17H,7,11-14,16H2,1-3H3/t17-/m1/s1. The molecule has 1 amide bonds. The maximum atomic E-state index is 11.8. The van der Waals surface area contributed by atoms with Gasteiger partial charge in [-0.1, -0.05) is 18.2 Å². The number of anilines is 1. The Morgan fingerprint density at radius 1 is 1.13 bits per heavy atom. The van der Waals surface area contributed by atoms with E-state index in [0.29, 0.717) is 12.6 Å². The Morgan fingerprint density at radius 3 is 2.73 bits per heavy atom. The molecule has 1 aliphatic heterocycles. The lowest BCUT2D eigenvalue weighted by Crippen LogP contribution is -2.34. The molecule has 4 rings (SSSR count). The second-order valence-electron chi connectivity index (χ2n) is 7.93. The summed E-state index contributed by atoms with van der Waals surface area (Å²) < 4.78 is 0. The molecule has 6 nitrogen and oxygen atoms in total. The van der Waals surface area contributed by atoms with Gasteiger partial charge < -0.3 is 9.80 Å². The summed E-state index contributed by atoms with van der Waals surface area (Å²) in [6.07, 6.45) is 0.947. The van der Waals surface area contributed by atoms with E-state index in [-0.39, 0.29) is 5.91 Å². The van der Waals surface area contributed by atoms with Crippen molar-refractivity contribution in [2.24, 2.45) is 0 Å². The van der Waals surface area contributed by atoms with Gasteiger partial charge in [-0.15, -0.1) is 11.3 Å². The largest absolute Gasteiger partial charge is 0.354 e. The predicted molar refractivity (Wildman–Crippen MR) is 123 cm³/mol. The van der Waals surface area contributed by atoms with Gasteiger partial charge in [0.1, 0.15) is 11.6 Å². The predicted octanol–water partition coefficient (Wildman–Crippen LogP) is 3.94. The minimum Gasteiger partial charge on any atom is -0.354 e. The second-order valence-corrected chi connectivity index (χ2v) is 8.91. The number of benzene rings is 1. The fourth-order valence-electron chi connectivity index (χ4n) is 3.97. The van der Waals surface area contributed by atoms with Crippen molar-refractivity contribution in [3.05, 3.63) is 52.5 Å². The minimum atomic E-state index is 0.147. The van der Waals surface area contributed by atoms with Crippen LogP contribution in [0.15, 0.2) is 41.8 Å². The first kappa shape index (κ1) is 20.8. The fourth-order valence-corrected chi connectivity index (χ4v) is 4.82. The zero-order valence-corrected chi connectivity index (χ0v) is 18.7. The fraction of sp³-hybridized carbons (Fsp3) is 0.435. The van der Waals surface area contributed by atoms with Crippen molar-refractivity contribution in [2.75, 3.05) is 38.1 Å². The van der Waals surface area contributed by atoms with Crippen LogP contribution in [0.25, 0.3) is 10.9 Å². The number of carbonyl (C=O) groups excluding carboxylic acids is 1. The number of aromatic nitrogens is 2. The summed E-state index contributed by atoms with van der Waals surface area (Å²) in [5.74, 6) is 1.97. The lowest BCUT2D eigenvalue weighted by Gasteiger charge is -2.26. The molecule has 3 heterocycles. The molecule has 0 N–H and O–H groups in total. The number of nitrogens with zero attached hydrogens (tertiary/aromatic N) is 5. The van der Waals surface area contributed by atoms with E-state index in [1.165, 1.54) is 4.88 Å². The Labute approximate surface area is 182 Å². The molecular formula is C23H29N5OS. The van der Waals surface area contributed by atoms with E-state index in [1.807, 2.05) is 17.0 Å². The van der Waals surface area contributed by atoms with Crippen LogP contribution in [-0.2, 0) is 11.3 Å². The summed E-state index contributed by atoms with van der Waals surface area (Å²) in [6, 6.07) is 12.8. The van der Waals surface area contributed by atoms with Gasteiger partial charge in [0.2, 0.25) is 5.91 Å². The monoisotopic (exact) mass is 423 g/mol. The summed E-state index contributed by atoms with van der Waals surface area (Å²) in [4.78, 5) is 29.6. The number of thiophene rings is 1. The highest BCUT2D eigenvalue weighted by Gasteiger charge is 2.21. The molecule has 1 aromatic carbocycles. The van der Waals surface area contributed by atoms with Gasteiger partial charge >= 0.3 is 0 Å². The van der Waals surface area contributed by atoms with Crippen LogP contribution >= 0.6 is 11.3 Å². The maximum absolute atomic E-state index is 11.8. The molecule has 1 fully saturated rings. The van der Waals surface area contributed by atoms with Crippen molar-refractivity contribution in [3.63, 3.8) is 0 Å². The van der Waals surface area contributed by atoms with Crippen LogP contribution < -0.4 is 4.90 Å². The quantitative estimate of drug-likeness (QED) is 0.622. The summed E-state index contributed by atoms with van der Waals surface area (Å²) in [5, 5.41) is 3.19. The highest BCUT2D eigenvalue weighted by atomic mass is 32.1. The van der Waals surface area contributed by atoms with Gasteiger partial charge in [-0.3, -0.25) is 9.69 Å². The van der Waals surface area contributed by atoms with E-state index in [2.05, 4.69) is 53.4 Å². The van der Waals surface area contributed by atoms with Gasteiger partial charge in [0, 0.05) is 49.4 Å². The molecule has 1 saturated heterocycles. The molecule has 30 heavy (non-hydrogen) atoms. The summed E-state index contributed by atoms with van der Waals surface area (Å²) in [5.41, 5.74) is 0.974. The molecule has 1 atom stereocenters. The summed E-state index contributed by atoms with van der Waals surface area (Å²) in [6.45, 7) is 7.79. The van der Waals surface area contributed by atoms with Crippen molar-refractivity contribution in [1.82, 2.24) is 19.8 Å². The second kappa shape index (κ2) is 9.10. The lowest BCUT2D eigenvalue weighted by molar-refractivity contribution is -0.128. The van der Waals surface area contributed by atoms with Crippen LogP contribution in [0.5, 0.6) is 0 Å². The zero-order chi connectivity index (χ0) is 21.1. The van der Waals surface area contributed by atoms with Crippen LogP contribution in [-0.4, -0.2) is 58.9 Å². The first-order valence-corrected chi connectivity index (χ1v) is 11.4. The van der Waals surface area contributed by atoms with Gasteiger partial charge in [-0.05, 0) is 44.0 Å². The topological polar surface area (TPSA) is 52.6 Å². The smallest absolute Gasteiger partial charge is 0.219 e. The first-order valence-electron chi connectivity index (χ1n) is 10.5. The number of fused-ring (bicyclic) bond motifs is 1. The molecule has 0 radical (unpaired) electrons. The average Bonchev–Trinajstić information content (AvgIpc) is 3.16. The third kappa shape index (κ3) is 4.47. The Balaban J connectivity index is 1.62. The number of rotatable bonds is 5. The number of hydrogen-bond acceptors (Lipinski definition) is 6. The van der Waals surface area contributed by atoms with Crippen LogP contribution in [0, 0.1) is 0 Å². The lowest BCUT2D eigenvalue weighted by atomic mass is 10.2. The molecule has 1 aliphatic rings. The third-order valence-electron chi connectivity index (χ3n) is 5.88. The molecule has 158 valence electrons. The Kier molecular flexibility index (Phi) is 6.29. The van der Waals surface area contributed by atoms with E-state index in [4.69, 9.17) is 9.97 Å². The SMILES string of the molecule is CC(=O)N1CCCN(c2nc(CN(C)[C@H](C)c3cccs3)nc3ccccc23)CC1. The van der Waals surface area contributed by atoms with Crippen molar-refractivity contribution in [3.8, 4) is 0 Å². The maximum Gasteiger partial charge on any atom is 0.219 e. The molecule has 0 bridgehead atoms. The zero-order valence-electron chi connectivity index (χ0n) is 17.9. The third-order valence-corrected chi connectivity index (χ3v) is 6.92. The first-order chi connectivity index (χ1) is 14.5. The summed E-state index contributed by atoms with van der Waals surface area (Å²) >= 11 is 1.78. The van der Waals surface area contributed by atoms with Crippen molar-refractivity contribution < 1.29 is 4.79 Å². The van der Waals surface area contributed by atoms with Crippen LogP contribution in [0.4, 0.5) is 5.82 Å². The molecule has 0 unspecified atom stereocenters. The highest BCUT2D eigenvalue weighted by Crippen LogP contribution is 2.27. The normalized spacial score (nSPS) is 16.1. The van der Waals surface area contributed by atoms with Crippen LogP contribution in [0.2, 0.25) is 0 Å². The van der Waals surface area contributed by atoms with Gasteiger partial charge in [-0.25, -0.2) is 9.97 Å². The van der Waals surface area contributed by atoms with E-state index in [1.54, 1.807) is 18.3 Å². The van der Waals surface area contributed by atoms with Crippen molar-refractivity contribution >= 4 is 34.0 Å². The number of carbonyl (C=O) groups is 1. The van der Waals surface area contributed by atoms with E-state index >= 15 is 0 Å². The van der Waals surface area contributed by atoms with Gasteiger partial charge in [-0.2, -0.15) is 0 Å². The van der Waals surface area contributed by atoms with Crippen LogP contribution in [0.3, 0.4) is 0 Å². The van der Waals surface area contributed by atoms with E-state index in [9.17, 15) is 4.79 Å². The number of hydrogen-bond donors (Lipinski definition) is 0. The van der Waals surface area contributed by atoms with Gasteiger partial charge in [0.15, 0.2) is 0 Å². The number of para-hydroxylation sites is 1. The minimum absolute atomic E-state index is 0.147. The summed E-state index contributed by atoms with van der Waals surface area (Å²) in [7, 11) is 2.12. The molecule has 7 heteroatoms. The molecular weight excluding hydrogens is 394 g/mol. The van der Waals surface area contributed by atoms with Gasteiger partial charge in [0.05, 0.1) is 12.1 Å². The number of amides is 1. The van der Waals surface area contributed by atoms with Gasteiger partial charge in [0.25, 0.3) is 0 Å². The van der Waals surface area contributed by atoms with Crippen molar-refractivity contribution in [2.45, 2.75) is 32.9 Å². The molecule has 2 aromatic heterocycles. The Bertz CT molecular complexity index is 1010.